The van der Waals surface area contributed by atoms with Crippen LogP contribution in [0.5, 0.6) is 0 Å². The van der Waals surface area contributed by atoms with Gasteiger partial charge in [0.25, 0.3) is 5.56 Å². The van der Waals surface area contributed by atoms with Crippen molar-refractivity contribution in [3.8, 4) is 11.1 Å². The molecule has 4 heterocycles. The molecule has 1 aliphatic rings. The van der Waals surface area contributed by atoms with Crippen LogP contribution in [-0.2, 0) is 0 Å². The molecule has 1 aliphatic carbocycles. The molecule has 4 aromatic heterocycles. The molecule has 6 rings (SSSR count). The Morgan fingerprint density at radius 1 is 1.25 bits per heavy atom. The number of halogens is 1. The van der Waals surface area contributed by atoms with Crippen LogP contribution in [-0.4, -0.2) is 24.3 Å². The molecule has 1 atom stereocenters. The van der Waals surface area contributed by atoms with Gasteiger partial charge in [-0.15, -0.1) is 11.3 Å². The Morgan fingerprint density at radius 3 is 2.94 bits per heavy atom. The predicted molar refractivity (Wildman–Crippen MR) is 122 cm³/mol. The first-order valence-electron chi connectivity index (χ1n) is 10.4. The number of rotatable bonds is 5. The van der Waals surface area contributed by atoms with Crippen LogP contribution in [0.25, 0.3) is 27.1 Å². The van der Waals surface area contributed by atoms with Gasteiger partial charge in [0.15, 0.2) is 11.5 Å². The zero-order valence-electron chi connectivity index (χ0n) is 17.2. The van der Waals surface area contributed by atoms with Gasteiger partial charge in [-0.1, -0.05) is 12.1 Å². The minimum atomic E-state index is -0.370. The number of thiazole rings is 1. The van der Waals surface area contributed by atoms with Gasteiger partial charge < -0.3 is 10.3 Å². The quantitative estimate of drug-likeness (QED) is 0.408. The van der Waals surface area contributed by atoms with Crippen molar-refractivity contribution >= 4 is 33.1 Å². The third-order valence-corrected chi connectivity index (χ3v) is 6.96. The average molecular weight is 447 g/mol. The molecule has 1 fully saturated rings. The second-order valence-corrected chi connectivity index (χ2v) is 9.01. The maximum atomic E-state index is 14.2. The van der Waals surface area contributed by atoms with Crippen molar-refractivity contribution in [3.63, 3.8) is 0 Å². The molecule has 2 N–H and O–H groups in total. The van der Waals surface area contributed by atoms with E-state index >= 15 is 0 Å². The molecule has 32 heavy (non-hydrogen) atoms. The van der Waals surface area contributed by atoms with E-state index < -0.39 is 0 Å². The largest absolute Gasteiger partial charge is 0.361 e. The molecule has 7 nitrogen and oxygen atoms in total. The molecular weight excluding hydrogens is 427 g/mol. The molecule has 9 heteroatoms. The Hall–Kier alpha value is -3.59. The lowest BCUT2D eigenvalue weighted by Crippen LogP contribution is -2.23. The number of nitrogens with one attached hydrogen (secondary N) is 2. The molecule has 1 aromatic carbocycles. The van der Waals surface area contributed by atoms with E-state index in [2.05, 4.69) is 31.3 Å². The molecule has 0 amide bonds. The molecule has 0 saturated heterocycles. The summed E-state index contributed by atoms with van der Waals surface area (Å²) in [6.07, 6.45) is 5.15. The summed E-state index contributed by atoms with van der Waals surface area (Å²) < 4.78 is 15.9. The number of aromatic nitrogens is 5. The van der Waals surface area contributed by atoms with Crippen LogP contribution >= 0.6 is 11.3 Å². The third kappa shape index (κ3) is 3.08. The SMILES string of the molecule is Cc1csc2cc(C(Nc3ncnc4[nH]cnc34)C3CC3)c(-c3cccc(F)c3)c(=O)n12. The standard InChI is InChI=1S/C23H19FN6OS/c1-12-9-32-17-8-16(18(23(31)30(12)17)14-3-2-4-15(24)7-14)19(13-5-6-13)29-22-20-21(26-10-25-20)27-11-28-22/h2-4,7-11,13,19H,5-6H2,1H3,(H2,25,26,27,28,29). The average Bonchev–Trinajstić information content (AvgIpc) is 3.38. The second kappa shape index (κ2) is 7.23. The smallest absolute Gasteiger partial charge is 0.264 e. The van der Waals surface area contributed by atoms with Gasteiger partial charge in [0, 0.05) is 11.1 Å². The van der Waals surface area contributed by atoms with E-state index in [1.807, 2.05) is 12.3 Å². The van der Waals surface area contributed by atoms with Gasteiger partial charge in [0.1, 0.15) is 22.5 Å². The zero-order valence-corrected chi connectivity index (χ0v) is 18.0. The summed E-state index contributed by atoms with van der Waals surface area (Å²) in [6, 6.07) is 8.13. The lowest BCUT2D eigenvalue weighted by atomic mass is 9.93. The topological polar surface area (TPSA) is 88.0 Å². The van der Waals surface area contributed by atoms with Crippen molar-refractivity contribution in [3.05, 3.63) is 75.8 Å². The van der Waals surface area contributed by atoms with E-state index in [-0.39, 0.29) is 17.4 Å². The maximum Gasteiger partial charge on any atom is 0.264 e. The summed E-state index contributed by atoms with van der Waals surface area (Å²) in [6.45, 7) is 1.91. The van der Waals surface area contributed by atoms with E-state index in [4.69, 9.17) is 0 Å². The molecule has 5 aromatic rings. The highest BCUT2D eigenvalue weighted by molar-refractivity contribution is 7.15. The van der Waals surface area contributed by atoms with Crippen molar-refractivity contribution in [1.29, 1.82) is 0 Å². The molecule has 160 valence electrons. The minimum Gasteiger partial charge on any atom is -0.361 e. The van der Waals surface area contributed by atoms with Crippen molar-refractivity contribution < 1.29 is 4.39 Å². The molecule has 0 bridgehead atoms. The van der Waals surface area contributed by atoms with Crippen LogP contribution in [0.2, 0.25) is 0 Å². The number of anilines is 1. The number of H-pyrrole nitrogens is 1. The summed E-state index contributed by atoms with van der Waals surface area (Å²) in [4.78, 5) is 30.5. The van der Waals surface area contributed by atoms with Gasteiger partial charge in [0.2, 0.25) is 0 Å². The number of imidazole rings is 1. The first-order valence-corrected chi connectivity index (χ1v) is 11.3. The Balaban J connectivity index is 1.58. The van der Waals surface area contributed by atoms with Crippen molar-refractivity contribution in [2.24, 2.45) is 5.92 Å². The van der Waals surface area contributed by atoms with Crippen LogP contribution < -0.4 is 10.9 Å². The number of aryl methyl sites for hydroxylation is 1. The van der Waals surface area contributed by atoms with Gasteiger partial charge in [-0.25, -0.2) is 19.3 Å². The summed E-state index contributed by atoms with van der Waals surface area (Å²) in [5, 5.41) is 5.50. The zero-order chi connectivity index (χ0) is 21.8. The van der Waals surface area contributed by atoms with E-state index in [0.29, 0.717) is 34.0 Å². The molecule has 0 aliphatic heterocycles. The monoisotopic (exact) mass is 446 g/mol. The number of aromatic amines is 1. The van der Waals surface area contributed by atoms with Gasteiger partial charge in [-0.05, 0) is 55.0 Å². The number of hydrogen-bond acceptors (Lipinski definition) is 6. The van der Waals surface area contributed by atoms with Crippen molar-refractivity contribution in [2.45, 2.75) is 25.8 Å². The number of benzene rings is 1. The fraction of sp³-hybridized carbons (Fsp3) is 0.217. The Labute approximate surface area is 186 Å². The lowest BCUT2D eigenvalue weighted by molar-refractivity contribution is 0.628. The molecular formula is C23H19FN6OS. The third-order valence-electron chi connectivity index (χ3n) is 5.96. The summed E-state index contributed by atoms with van der Waals surface area (Å²) >= 11 is 1.53. The lowest BCUT2D eigenvalue weighted by Gasteiger charge is -2.23. The first kappa shape index (κ1) is 19.1. The van der Waals surface area contributed by atoms with Crippen molar-refractivity contribution in [2.75, 3.05) is 5.32 Å². The van der Waals surface area contributed by atoms with E-state index in [1.165, 1.54) is 29.8 Å². The maximum absolute atomic E-state index is 14.2. The number of hydrogen-bond donors (Lipinski definition) is 2. The Morgan fingerprint density at radius 2 is 2.12 bits per heavy atom. The van der Waals surface area contributed by atoms with Gasteiger partial charge in [-0.3, -0.25) is 9.20 Å². The van der Waals surface area contributed by atoms with Crippen LogP contribution in [0.1, 0.15) is 30.1 Å². The Kier molecular flexibility index (Phi) is 4.32. The van der Waals surface area contributed by atoms with Crippen LogP contribution in [0.3, 0.4) is 0 Å². The number of nitrogens with zero attached hydrogens (tertiary/aromatic N) is 4. The highest BCUT2D eigenvalue weighted by Gasteiger charge is 2.36. The highest BCUT2D eigenvalue weighted by atomic mass is 32.1. The summed E-state index contributed by atoms with van der Waals surface area (Å²) in [7, 11) is 0. The van der Waals surface area contributed by atoms with Crippen LogP contribution in [0.4, 0.5) is 10.2 Å². The Bertz CT molecular complexity index is 1530. The van der Waals surface area contributed by atoms with Gasteiger partial charge >= 0.3 is 0 Å². The molecule has 0 spiro atoms. The number of fused-ring (bicyclic) bond motifs is 2. The van der Waals surface area contributed by atoms with Crippen LogP contribution in [0.15, 0.2) is 53.2 Å². The summed E-state index contributed by atoms with van der Waals surface area (Å²) in [5.74, 6) is 0.583. The van der Waals surface area contributed by atoms with Gasteiger partial charge in [0.05, 0.1) is 17.9 Å². The first-order chi connectivity index (χ1) is 15.6. The molecule has 1 unspecified atom stereocenters. The predicted octanol–water partition coefficient (Wildman–Crippen LogP) is 4.71. The fourth-order valence-corrected chi connectivity index (χ4v) is 5.22. The minimum absolute atomic E-state index is 0.137. The van der Waals surface area contributed by atoms with Crippen LogP contribution in [0, 0.1) is 18.7 Å². The summed E-state index contributed by atoms with van der Waals surface area (Å²) in [5.41, 5.74) is 3.96. The second-order valence-electron chi connectivity index (χ2n) is 8.12. The van der Waals surface area contributed by atoms with E-state index in [1.54, 1.807) is 22.9 Å². The molecule has 1 saturated carbocycles. The normalized spacial score (nSPS) is 14.8. The van der Waals surface area contributed by atoms with E-state index in [9.17, 15) is 9.18 Å². The molecule has 0 radical (unpaired) electrons. The highest BCUT2D eigenvalue weighted by Crippen LogP contribution is 2.45. The number of pyridine rings is 1. The van der Waals surface area contributed by atoms with E-state index in [0.717, 1.165) is 28.9 Å². The van der Waals surface area contributed by atoms with Crippen molar-refractivity contribution in [1.82, 2.24) is 24.3 Å². The fourth-order valence-electron chi connectivity index (χ4n) is 4.30. The van der Waals surface area contributed by atoms with Gasteiger partial charge in [-0.2, -0.15) is 0 Å².